The zero-order valence-electron chi connectivity index (χ0n) is 17.5. The van der Waals surface area contributed by atoms with E-state index >= 15 is 0 Å². The molecule has 0 bridgehead atoms. The lowest BCUT2D eigenvalue weighted by Crippen LogP contribution is -2.47. The van der Waals surface area contributed by atoms with Crippen molar-refractivity contribution in [3.63, 3.8) is 0 Å². The maximum absolute atomic E-state index is 13.7. The van der Waals surface area contributed by atoms with Crippen LogP contribution in [0.4, 0.5) is 10.1 Å². The molecule has 1 atom stereocenters. The Hall–Kier alpha value is -2.78. The first-order chi connectivity index (χ1) is 14.7. The minimum absolute atomic E-state index is 0.0446. The van der Waals surface area contributed by atoms with Crippen molar-refractivity contribution in [2.45, 2.75) is 37.6 Å². The molecule has 0 spiro atoms. The molecule has 1 aliphatic heterocycles. The van der Waals surface area contributed by atoms with E-state index in [0.29, 0.717) is 12.8 Å². The van der Waals surface area contributed by atoms with E-state index in [1.54, 1.807) is 30.3 Å². The summed E-state index contributed by atoms with van der Waals surface area (Å²) in [6.07, 6.45) is 0.719. The first kappa shape index (κ1) is 22.9. The number of aryl methyl sites for hydroxylation is 1. The molecule has 1 unspecified atom stereocenters. The normalized spacial score (nSPS) is 16.5. The van der Waals surface area contributed by atoms with Crippen LogP contribution in [0.2, 0.25) is 0 Å². The summed E-state index contributed by atoms with van der Waals surface area (Å²) in [5.74, 6) is -1.80. The van der Waals surface area contributed by atoms with Crippen LogP contribution in [0.1, 0.15) is 25.3 Å². The fraction of sp³-hybridized carbons (Fsp3) is 0.364. The van der Waals surface area contributed by atoms with E-state index in [2.05, 4.69) is 10.6 Å². The van der Waals surface area contributed by atoms with Crippen molar-refractivity contribution in [3.05, 3.63) is 59.9 Å². The Balaban J connectivity index is 1.53. The first-order valence-corrected chi connectivity index (χ1v) is 11.5. The molecule has 2 aromatic carbocycles. The van der Waals surface area contributed by atoms with Gasteiger partial charge in [0, 0.05) is 19.0 Å². The monoisotopic (exact) mass is 447 g/mol. The number of amides is 2. The molecule has 2 N–H and O–H groups in total. The Morgan fingerprint density at radius 2 is 1.68 bits per heavy atom. The number of hydrogen-bond acceptors (Lipinski definition) is 4. The molecule has 2 aromatic rings. The average Bonchev–Trinajstić information content (AvgIpc) is 2.75. The van der Waals surface area contributed by atoms with Crippen molar-refractivity contribution >= 4 is 27.5 Å². The number of nitrogens with one attached hydrogen (secondary N) is 2. The molecular formula is C22H26FN3O4S. The topological polar surface area (TPSA) is 95.6 Å². The first-order valence-electron chi connectivity index (χ1n) is 10.1. The summed E-state index contributed by atoms with van der Waals surface area (Å²) in [5, 5.41) is 5.09. The molecule has 1 saturated heterocycles. The molecule has 7 nitrogen and oxygen atoms in total. The number of sulfonamides is 1. The van der Waals surface area contributed by atoms with Crippen molar-refractivity contribution in [2.24, 2.45) is 5.92 Å². The van der Waals surface area contributed by atoms with E-state index in [1.165, 1.54) is 29.4 Å². The molecule has 0 radical (unpaired) electrons. The van der Waals surface area contributed by atoms with E-state index in [4.69, 9.17) is 0 Å². The van der Waals surface area contributed by atoms with Gasteiger partial charge >= 0.3 is 0 Å². The zero-order chi connectivity index (χ0) is 22.6. The Bertz CT molecular complexity index is 1050. The number of halogens is 1. The number of carbonyl (C=O) groups is 2. The van der Waals surface area contributed by atoms with Gasteiger partial charge in [-0.2, -0.15) is 4.31 Å². The van der Waals surface area contributed by atoms with Gasteiger partial charge in [0.1, 0.15) is 11.9 Å². The van der Waals surface area contributed by atoms with Crippen LogP contribution < -0.4 is 10.6 Å². The highest BCUT2D eigenvalue weighted by Crippen LogP contribution is 2.24. The van der Waals surface area contributed by atoms with Crippen LogP contribution >= 0.6 is 0 Å². The number of nitrogens with zero attached hydrogens (tertiary/aromatic N) is 1. The third-order valence-corrected chi connectivity index (χ3v) is 7.28. The van der Waals surface area contributed by atoms with Crippen molar-refractivity contribution in [2.75, 3.05) is 18.4 Å². The maximum atomic E-state index is 13.7. The lowest BCUT2D eigenvalue weighted by atomic mass is 9.97. The molecule has 31 heavy (non-hydrogen) atoms. The van der Waals surface area contributed by atoms with Crippen molar-refractivity contribution in [1.29, 1.82) is 0 Å². The SMILES string of the molecule is Cc1ccc(S(=O)(=O)N2CCC(C(=O)NC(C)C(=O)Nc3ccccc3F)CC2)cc1. The molecular weight excluding hydrogens is 421 g/mol. The van der Waals surface area contributed by atoms with E-state index in [1.807, 2.05) is 6.92 Å². The number of piperidine rings is 1. The fourth-order valence-corrected chi connectivity index (χ4v) is 4.89. The van der Waals surface area contributed by atoms with Crippen LogP contribution in [-0.2, 0) is 19.6 Å². The predicted octanol–water partition coefficient (Wildman–Crippen LogP) is 2.68. The lowest BCUT2D eigenvalue weighted by molar-refractivity contribution is -0.129. The molecule has 3 rings (SSSR count). The summed E-state index contributed by atoms with van der Waals surface area (Å²) in [5.41, 5.74) is 1.02. The minimum Gasteiger partial charge on any atom is -0.344 e. The van der Waals surface area contributed by atoms with Crippen molar-refractivity contribution in [3.8, 4) is 0 Å². The van der Waals surface area contributed by atoms with Gasteiger partial charge in [-0.05, 0) is 51.0 Å². The minimum atomic E-state index is -3.60. The lowest BCUT2D eigenvalue weighted by Gasteiger charge is -2.31. The highest BCUT2D eigenvalue weighted by molar-refractivity contribution is 7.89. The summed E-state index contributed by atoms with van der Waals surface area (Å²) in [4.78, 5) is 25.1. The van der Waals surface area contributed by atoms with Gasteiger partial charge in [0.05, 0.1) is 10.6 Å². The van der Waals surface area contributed by atoms with E-state index in [9.17, 15) is 22.4 Å². The van der Waals surface area contributed by atoms with Crippen molar-refractivity contribution < 1.29 is 22.4 Å². The highest BCUT2D eigenvalue weighted by Gasteiger charge is 2.33. The fourth-order valence-electron chi connectivity index (χ4n) is 3.42. The van der Waals surface area contributed by atoms with Gasteiger partial charge in [-0.1, -0.05) is 29.8 Å². The van der Waals surface area contributed by atoms with Gasteiger partial charge in [0.25, 0.3) is 0 Å². The molecule has 1 aliphatic rings. The van der Waals surface area contributed by atoms with Gasteiger partial charge in [-0.15, -0.1) is 0 Å². The van der Waals surface area contributed by atoms with Gasteiger partial charge in [-0.3, -0.25) is 9.59 Å². The van der Waals surface area contributed by atoms with Crippen LogP contribution in [-0.4, -0.2) is 43.7 Å². The summed E-state index contributed by atoms with van der Waals surface area (Å²) < 4.78 is 40.6. The Kier molecular flexibility index (Phi) is 7.07. The Labute approximate surface area is 181 Å². The van der Waals surface area contributed by atoms with Gasteiger partial charge in [0.15, 0.2) is 0 Å². The second-order valence-electron chi connectivity index (χ2n) is 7.69. The van der Waals surface area contributed by atoms with E-state index in [-0.39, 0.29) is 29.6 Å². The number of rotatable bonds is 6. The molecule has 2 amide bonds. The number of para-hydroxylation sites is 1. The van der Waals surface area contributed by atoms with Crippen LogP contribution in [0.25, 0.3) is 0 Å². The summed E-state index contributed by atoms with van der Waals surface area (Å²) in [6, 6.07) is 11.6. The Morgan fingerprint density at radius 1 is 1.06 bits per heavy atom. The molecule has 1 heterocycles. The summed E-state index contributed by atoms with van der Waals surface area (Å²) in [7, 11) is -3.60. The number of anilines is 1. The standard InChI is InChI=1S/C22H26FN3O4S/c1-15-7-9-18(10-8-15)31(29,30)26-13-11-17(12-14-26)22(28)24-16(2)21(27)25-20-6-4-3-5-19(20)23/h3-10,16-17H,11-14H2,1-2H3,(H,24,28)(H,25,27). The predicted molar refractivity (Wildman–Crippen MR) is 115 cm³/mol. The Morgan fingerprint density at radius 3 is 2.29 bits per heavy atom. The van der Waals surface area contributed by atoms with Crippen molar-refractivity contribution in [1.82, 2.24) is 9.62 Å². The third kappa shape index (κ3) is 5.48. The van der Waals surface area contributed by atoms with E-state index in [0.717, 1.165) is 5.56 Å². The number of benzene rings is 2. The molecule has 166 valence electrons. The zero-order valence-corrected chi connectivity index (χ0v) is 18.3. The largest absolute Gasteiger partial charge is 0.344 e. The van der Waals surface area contributed by atoms with Gasteiger partial charge < -0.3 is 10.6 Å². The van der Waals surface area contributed by atoms with E-state index < -0.39 is 33.7 Å². The van der Waals surface area contributed by atoms with Gasteiger partial charge in [-0.25, -0.2) is 12.8 Å². The molecule has 9 heteroatoms. The third-order valence-electron chi connectivity index (χ3n) is 5.37. The number of carbonyl (C=O) groups excluding carboxylic acids is 2. The van der Waals surface area contributed by atoms with Crippen LogP contribution in [0, 0.1) is 18.7 Å². The quantitative estimate of drug-likeness (QED) is 0.712. The highest BCUT2D eigenvalue weighted by atomic mass is 32.2. The number of hydrogen-bond donors (Lipinski definition) is 2. The smallest absolute Gasteiger partial charge is 0.246 e. The molecule has 1 fully saturated rings. The maximum Gasteiger partial charge on any atom is 0.246 e. The van der Waals surface area contributed by atoms with Gasteiger partial charge in [0.2, 0.25) is 21.8 Å². The second-order valence-corrected chi connectivity index (χ2v) is 9.63. The average molecular weight is 448 g/mol. The molecule has 0 aliphatic carbocycles. The molecule has 0 aromatic heterocycles. The summed E-state index contributed by atoms with van der Waals surface area (Å²) in [6.45, 7) is 3.86. The second kappa shape index (κ2) is 9.57. The van der Waals surface area contributed by atoms with Crippen LogP contribution in [0.3, 0.4) is 0 Å². The summed E-state index contributed by atoms with van der Waals surface area (Å²) >= 11 is 0. The molecule has 0 saturated carbocycles. The van der Waals surface area contributed by atoms with Crippen LogP contribution in [0.15, 0.2) is 53.4 Å². The van der Waals surface area contributed by atoms with Crippen LogP contribution in [0.5, 0.6) is 0 Å².